The smallest absolute Gasteiger partial charge is 0.239 e. The van der Waals surface area contributed by atoms with Gasteiger partial charge in [0.25, 0.3) is 0 Å². The maximum absolute atomic E-state index is 11.8. The highest BCUT2D eigenvalue weighted by Gasteiger charge is 2.32. The Morgan fingerprint density at radius 1 is 1.58 bits per heavy atom. The molecule has 0 saturated heterocycles. The van der Waals surface area contributed by atoms with E-state index in [1.165, 1.54) is 7.11 Å². The lowest BCUT2D eigenvalue weighted by molar-refractivity contribution is -0.125. The average molecular weight is 287 g/mol. The molecule has 0 spiro atoms. The fourth-order valence-electron chi connectivity index (χ4n) is 2.26. The molecule has 0 aliphatic heterocycles. The highest BCUT2D eigenvalue weighted by atomic mass is 35.5. The highest BCUT2D eigenvalue weighted by molar-refractivity contribution is 5.85. The number of nitrogens with two attached hydrogens (primary N) is 1. The number of nitrogens with one attached hydrogen (secondary N) is 1. The molecular weight excluding hydrogens is 268 g/mol. The third-order valence-corrected chi connectivity index (χ3v) is 3.18. The molecular formula is C13H19ClN2O3. The van der Waals surface area contributed by atoms with E-state index in [1.807, 2.05) is 24.3 Å². The molecule has 1 aromatic carbocycles. The summed E-state index contributed by atoms with van der Waals surface area (Å²) in [7, 11) is 1.49. The van der Waals surface area contributed by atoms with E-state index in [-0.39, 0.29) is 31.0 Å². The number of methoxy groups -OCH3 is 1. The maximum Gasteiger partial charge on any atom is 0.239 e. The van der Waals surface area contributed by atoms with Gasteiger partial charge in [-0.1, -0.05) is 24.3 Å². The van der Waals surface area contributed by atoms with Crippen molar-refractivity contribution in [3.63, 3.8) is 0 Å². The summed E-state index contributed by atoms with van der Waals surface area (Å²) < 4.78 is 4.84. The SMILES string of the molecule is COCC(N)C(=O)N[C@H]1c2ccccc2C[C@H]1O.Cl. The van der Waals surface area contributed by atoms with Crippen LogP contribution in [0.5, 0.6) is 0 Å². The molecule has 1 aliphatic carbocycles. The van der Waals surface area contributed by atoms with Crippen molar-refractivity contribution in [2.24, 2.45) is 5.73 Å². The van der Waals surface area contributed by atoms with Gasteiger partial charge >= 0.3 is 0 Å². The van der Waals surface area contributed by atoms with E-state index in [2.05, 4.69) is 5.32 Å². The van der Waals surface area contributed by atoms with Gasteiger partial charge in [-0.05, 0) is 11.1 Å². The summed E-state index contributed by atoms with van der Waals surface area (Å²) in [4.78, 5) is 11.8. The monoisotopic (exact) mass is 286 g/mol. The number of hydrogen-bond donors (Lipinski definition) is 3. The lowest BCUT2D eigenvalue weighted by Gasteiger charge is -2.20. The van der Waals surface area contributed by atoms with Gasteiger partial charge in [-0.3, -0.25) is 4.79 Å². The van der Waals surface area contributed by atoms with Crippen molar-refractivity contribution in [2.75, 3.05) is 13.7 Å². The fraction of sp³-hybridized carbons (Fsp3) is 0.462. The highest BCUT2D eigenvalue weighted by Crippen LogP contribution is 2.31. The zero-order chi connectivity index (χ0) is 13.1. The van der Waals surface area contributed by atoms with Crippen LogP contribution in [0, 0.1) is 0 Å². The van der Waals surface area contributed by atoms with E-state index < -0.39 is 12.1 Å². The summed E-state index contributed by atoms with van der Waals surface area (Å²) in [5, 5.41) is 12.8. The second-order valence-corrected chi connectivity index (χ2v) is 4.52. The van der Waals surface area contributed by atoms with E-state index in [0.717, 1.165) is 11.1 Å². The first-order valence-corrected chi connectivity index (χ1v) is 5.94. The Bertz CT molecular complexity index is 442. The normalized spacial score (nSPS) is 22.3. The first kappa shape index (κ1) is 15.9. The van der Waals surface area contributed by atoms with Crippen molar-refractivity contribution in [2.45, 2.75) is 24.6 Å². The summed E-state index contributed by atoms with van der Waals surface area (Å²) in [6.07, 6.45) is -0.0400. The Balaban J connectivity index is 0.00000180. The van der Waals surface area contributed by atoms with Crippen LogP contribution in [0.3, 0.4) is 0 Å². The molecule has 1 aromatic rings. The van der Waals surface area contributed by atoms with Crippen LogP contribution in [0.2, 0.25) is 0 Å². The predicted octanol–water partition coefficient (Wildman–Crippen LogP) is 0.156. The van der Waals surface area contributed by atoms with E-state index in [0.29, 0.717) is 6.42 Å². The first-order chi connectivity index (χ1) is 8.63. The van der Waals surface area contributed by atoms with Gasteiger partial charge < -0.3 is 20.9 Å². The Morgan fingerprint density at radius 3 is 2.95 bits per heavy atom. The Hall–Kier alpha value is -1.14. The number of fused-ring (bicyclic) bond motifs is 1. The fourth-order valence-corrected chi connectivity index (χ4v) is 2.26. The second kappa shape index (κ2) is 6.86. The number of carbonyl (C=O) groups excluding carboxylic acids is 1. The average Bonchev–Trinajstić information content (AvgIpc) is 2.66. The van der Waals surface area contributed by atoms with Crippen LogP contribution in [0.15, 0.2) is 24.3 Å². The van der Waals surface area contributed by atoms with E-state index in [4.69, 9.17) is 10.5 Å². The molecule has 1 unspecified atom stereocenters. The minimum Gasteiger partial charge on any atom is -0.390 e. The van der Waals surface area contributed by atoms with Gasteiger partial charge in [0.2, 0.25) is 5.91 Å². The molecule has 0 bridgehead atoms. The topological polar surface area (TPSA) is 84.6 Å². The summed E-state index contributed by atoms with van der Waals surface area (Å²) in [6.45, 7) is 0.163. The second-order valence-electron chi connectivity index (χ2n) is 4.52. The van der Waals surface area contributed by atoms with Crippen molar-refractivity contribution in [3.05, 3.63) is 35.4 Å². The van der Waals surface area contributed by atoms with Crippen molar-refractivity contribution in [1.82, 2.24) is 5.32 Å². The zero-order valence-electron chi connectivity index (χ0n) is 10.7. The first-order valence-electron chi connectivity index (χ1n) is 5.94. The van der Waals surface area contributed by atoms with Crippen LogP contribution < -0.4 is 11.1 Å². The van der Waals surface area contributed by atoms with Crippen molar-refractivity contribution in [3.8, 4) is 0 Å². The summed E-state index contributed by atoms with van der Waals surface area (Å²) >= 11 is 0. The molecule has 3 atom stereocenters. The van der Waals surface area contributed by atoms with Crippen LogP contribution in [0.25, 0.3) is 0 Å². The van der Waals surface area contributed by atoms with Gasteiger partial charge in [-0.25, -0.2) is 0 Å². The van der Waals surface area contributed by atoms with E-state index in [1.54, 1.807) is 0 Å². The van der Waals surface area contributed by atoms with Crippen molar-refractivity contribution < 1.29 is 14.6 Å². The minimum absolute atomic E-state index is 0. The van der Waals surface area contributed by atoms with Crippen LogP contribution in [0.1, 0.15) is 17.2 Å². The minimum atomic E-state index is -0.713. The Morgan fingerprint density at radius 2 is 2.26 bits per heavy atom. The van der Waals surface area contributed by atoms with Crippen molar-refractivity contribution in [1.29, 1.82) is 0 Å². The molecule has 0 aromatic heterocycles. The van der Waals surface area contributed by atoms with Gasteiger partial charge in [0.1, 0.15) is 6.04 Å². The number of halogens is 1. The van der Waals surface area contributed by atoms with Gasteiger partial charge in [0.15, 0.2) is 0 Å². The number of carbonyl (C=O) groups is 1. The number of aliphatic hydroxyl groups is 1. The maximum atomic E-state index is 11.8. The lowest BCUT2D eigenvalue weighted by atomic mass is 10.1. The van der Waals surface area contributed by atoms with Gasteiger partial charge in [0, 0.05) is 13.5 Å². The van der Waals surface area contributed by atoms with E-state index in [9.17, 15) is 9.90 Å². The number of aliphatic hydroxyl groups excluding tert-OH is 1. The molecule has 1 aliphatic rings. The Kier molecular flexibility index (Phi) is 5.75. The van der Waals surface area contributed by atoms with Crippen LogP contribution in [-0.4, -0.2) is 36.9 Å². The summed E-state index contributed by atoms with van der Waals surface area (Å²) in [6, 6.07) is 6.60. The van der Waals surface area contributed by atoms with Gasteiger partial charge in [-0.15, -0.1) is 12.4 Å². The molecule has 0 heterocycles. The quantitative estimate of drug-likeness (QED) is 0.736. The van der Waals surface area contributed by atoms with Gasteiger partial charge in [-0.2, -0.15) is 0 Å². The molecule has 19 heavy (non-hydrogen) atoms. The molecule has 0 saturated carbocycles. The number of benzene rings is 1. The molecule has 0 radical (unpaired) electrons. The van der Waals surface area contributed by atoms with Crippen LogP contribution >= 0.6 is 12.4 Å². The molecule has 6 heteroatoms. The van der Waals surface area contributed by atoms with E-state index >= 15 is 0 Å². The number of hydrogen-bond acceptors (Lipinski definition) is 4. The standard InChI is InChI=1S/C13H18N2O3.ClH/c1-18-7-10(14)13(17)15-12-9-5-3-2-4-8(9)6-11(12)16;/h2-5,10-12,16H,6-7,14H2,1H3,(H,15,17);1H/t10?,11-,12+;/m1./s1. The molecule has 2 rings (SSSR count). The zero-order valence-corrected chi connectivity index (χ0v) is 11.5. The number of rotatable bonds is 4. The summed E-state index contributed by atoms with van der Waals surface area (Å²) in [5.41, 5.74) is 7.68. The number of amides is 1. The third kappa shape index (κ3) is 3.45. The molecule has 106 valence electrons. The molecule has 0 fully saturated rings. The predicted molar refractivity (Wildman–Crippen MR) is 74.1 cm³/mol. The Labute approximate surface area is 118 Å². The van der Waals surface area contributed by atoms with Crippen molar-refractivity contribution >= 4 is 18.3 Å². The largest absolute Gasteiger partial charge is 0.390 e. The van der Waals surface area contributed by atoms with Crippen LogP contribution in [0.4, 0.5) is 0 Å². The molecule has 5 nitrogen and oxygen atoms in total. The third-order valence-electron chi connectivity index (χ3n) is 3.18. The summed E-state index contributed by atoms with van der Waals surface area (Å²) in [5.74, 6) is -0.308. The number of ether oxygens (including phenoxy) is 1. The van der Waals surface area contributed by atoms with Crippen LogP contribution in [-0.2, 0) is 16.0 Å². The van der Waals surface area contributed by atoms with Gasteiger partial charge in [0.05, 0.1) is 18.8 Å². The lowest BCUT2D eigenvalue weighted by Crippen LogP contribution is -2.46. The molecule has 1 amide bonds. The molecule has 4 N–H and O–H groups in total.